The highest BCUT2D eigenvalue weighted by Crippen LogP contribution is 2.16. The fourth-order valence-electron chi connectivity index (χ4n) is 3.42. The Kier molecular flexibility index (Phi) is 9.21. The fourth-order valence-corrected chi connectivity index (χ4v) is 3.42. The number of likely N-dealkylation sites (tertiary alicyclic amines) is 1. The first-order chi connectivity index (χ1) is 13.5. The van der Waals surface area contributed by atoms with Crippen molar-refractivity contribution in [2.45, 2.75) is 59.4 Å². The summed E-state index contributed by atoms with van der Waals surface area (Å²) in [6, 6.07) is 3.99. The lowest BCUT2D eigenvalue weighted by atomic mass is 10.1. The van der Waals surface area contributed by atoms with Crippen molar-refractivity contribution >= 4 is 5.91 Å². The standard InChI is InChI=1S/C23H35N3O2/c1-5-26-14-7-10-21(26)17-25-23(27)20-11-12-22(24-16-20)28-15-13-19(4)9-6-8-18(2)3/h8,11-13,16,21H,5-7,9-10,14-15,17H2,1-4H3,(H,25,27)/b19-13+. The van der Waals surface area contributed by atoms with Gasteiger partial charge in [-0.15, -0.1) is 0 Å². The quantitative estimate of drug-likeness (QED) is 0.608. The summed E-state index contributed by atoms with van der Waals surface area (Å²) >= 11 is 0. The Morgan fingerprint density at radius 2 is 2.14 bits per heavy atom. The summed E-state index contributed by atoms with van der Waals surface area (Å²) in [4.78, 5) is 19.0. The molecule has 2 heterocycles. The summed E-state index contributed by atoms with van der Waals surface area (Å²) in [5, 5.41) is 3.03. The van der Waals surface area contributed by atoms with E-state index in [1.54, 1.807) is 18.3 Å². The van der Waals surface area contributed by atoms with E-state index in [0.717, 1.165) is 32.4 Å². The molecule has 0 radical (unpaired) electrons. The number of hydrogen-bond acceptors (Lipinski definition) is 4. The van der Waals surface area contributed by atoms with Crippen LogP contribution >= 0.6 is 0 Å². The van der Waals surface area contributed by atoms with Crippen LogP contribution in [0.1, 0.15) is 63.7 Å². The molecular weight excluding hydrogens is 350 g/mol. The van der Waals surface area contributed by atoms with Gasteiger partial charge >= 0.3 is 0 Å². The van der Waals surface area contributed by atoms with Crippen molar-refractivity contribution in [3.63, 3.8) is 0 Å². The molecule has 0 saturated carbocycles. The van der Waals surface area contributed by atoms with Gasteiger partial charge in [-0.25, -0.2) is 4.98 Å². The first kappa shape index (κ1) is 22.2. The van der Waals surface area contributed by atoms with Crippen LogP contribution in [0.15, 0.2) is 41.6 Å². The minimum atomic E-state index is -0.0722. The van der Waals surface area contributed by atoms with Crippen molar-refractivity contribution in [2.24, 2.45) is 0 Å². The SMILES string of the molecule is CCN1CCCC1CNC(=O)c1ccc(OC/C=C(\C)CCC=C(C)C)nc1. The third-order valence-electron chi connectivity index (χ3n) is 5.16. The van der Waals surface area contributed by atoms with E-state index >= 15 is 0 Å². The van der Waals surface area contributed by atoms with Crippen LogP contribution in [0.2, 0.25) is 0 Å². The van der Waals surface area contributed by atoms with Gasteiger partial charge in [0.05, 0.1) is 5.56 Å². The first-order valence-corrected chi connectivity index (χ1v) is 10.4. The number of carbonyl (C=O) groups excluding carboxylic acids is 1. The van der Waals surface area contributed by atoms with Crippen LogP contribution in [0.25, 0.3) is 0 Å². The Morgan fingerprint density at radius 1 is 1.32 bits per heavy atom. The van der Waals surface area contributed by atoms with Crippen molar-refractivity contribution in [3.05, 3.63) is 47.2 Å². The maximum atomic E-state index is 12.3. The molecule has 1 N–H and O–H groups in total. The molecule has 1 unspecified atom stereocenters. The van der Waals surface area contributed by atoms with Crippen LogP contribution in [0.3, 0.4) is 0 Å². The van der Waals surface area contributed by atoms with Gasteiger partial charge in [0.15, 0.2) is 0 Å². The average Bonchev–Trinajstić information content (AvgIpc) is 3.14. The summed E-state index contributed by atoms with van der Waals surface area (Å²) in [5.74, 6) is 0.467. The van der Waals surface area contributed by atoms with Crippen LogP contribution in [0.5, 0.6) is 5.88 Å². The highest BCUT2D eigenvalue weighted by molar-refractivity contribution is 5.93. The number of allylic oxidation sites excluding steroid dienone is 3. The van der Waals surface area contributed by atoms with E-state index in [-0.39, 0.29) is 5.91 Å². The largest absolute Gasteiger partial charge is 0.473 e. The Labute approximate surface area is 169 Å². The van der Waals surface area contributed by atoms with Crippen molar-refractivity contribution < 1.29 is 9.53 Å². The van der Waals surface area contributed by atoms with Crippen LogP contribution < -0.4 is 10.1 Å². The molecule has 1 aromatic rings. The highest BCUT2D eigenvalue weighted by Gasteiger charge is 2.23. The lowest BCUT2D eigenvalue weighted by molar-refractivity contribution is 0.0941. The molecular formula is C23H35N3O2. The molecule has 1 saturated heterocycles. The van der Waals surface area contributed by atoms with Crippen molar-refractivity contribution in [1.29, 1.82) is 0 Å². The molecule has 1 atom stereocenters. The molecule has 5 heteroatoms. The number of ether oxygens (including phenoxy) is 1. The van der Waals surface area contributed by atoms with E-state index in [1.165, 1.54) is 17.6 Å². The summed E-state index contributed by atoms with van der Waals surface area (Å²) in [7, 11) is 0. The number of nitrogens with one attached hydrogen (secondary N) is 1. The maximum Gasteiger partial charge on any atom is 0.252 e. The summed E-state index contributed by atoms with van der Waals surface area (Å²) in [6.45, 7) is 11.9. The molecule has 28 heavy (non-hydrogen) atoms. The van der Waals surface area contributed by atoms with Gasteiger partial charge in [-0.05, 0) is 71.7 Å². The zero-order valence-electron chi connectivity index (χ0n) is 17.8. The third-order valence-corrected chi connectivity index (χ3v) is 5.16. The predicted molar refractivity (Wildman–Crippen MR) is 115 cm³/mol. The minimum absolute atomic E-state index is 0.0722. The summed E-state index contributed by atoms with van der Waals surface area (Å²) in [6.07, 6.45) is 10.4. The topological polar surface area (TPSA) is 54.5 Å². The number of amides is 1. The van der Waals surface area contributed by atoms with E-state index in [4.69, 9.17) is 4.74 Å². The molecule has 5 nitrogen and oxygen atoms in total. The monoisotopic (exact) mass is 385 g/mol. The molecule has 0 aromatic carbocycles. The van der Waals surface area contributed by atoms with E-state index in [9.17, 15) is 4.79 Å². The van der Waals surface area contributed by atoms with Gasteiger partial charge in [-0.1, -0.05) is 24.1 Å². The lowest BCUT2D eigenvalue weighted by Gasteiger charge is -2.22. The van der Waals surface area contributed by atoms with Gasteiger partial charge in [-0.2, -0.15) is 0 Å². The van der Waals surface area contributed by atoms with Gasteiger partial charge < -0.3 is 10.1 Å². The lowest BCUT2D eigenvalue weighted by Crippen LogP contribution is -2.40. The number of carbonyl (C=O) groups is 1. The molecule has 1 fully saturated rings. The van der Waals surface area contributed by atoms with Gasteiger partial charge in [0.1, 0.15) is 6.61 Å². The maximum absolute atomic E-state index is 12.3. The van der Waals surface area contributed by atoms with Gasteiger partial charge in [0, 0.05) is 24.8 Å². The molecule has 1 aliphatic rings. The van der Waals surface area contributed by atoms with Crippen LogP contribution in [-0.4, -0.2) is 48.1 Å². The minimum Gasteiger partial charge on any atom is -0.473 e. The summed E-state index contributed by atoms with van der Waals surface area (Å²) in [5.41, 5.74) is 3.23. The Balaban J connectivity index is 1.74. The normalized spacial score (nSPS) is 17.4. The van der Waals surface area contributed by atoms with Gasteiger partial charge in [-0.3, -0.25) is 9.69 Å². The van der Waals surface area contributed by atoms with Crippen LogP contribution in [-0.2, 0) is 0 Å². The third kappa shape index (κ3) is 7.47. The molecule has 1 amide bonds. The molecule has 154 valence electrons. The van der Waals surface area contributed by atoms with E-state index < -0.39 is 0 Å². The predicted octanol–water partition coefficient (Wildman–Crippen LogP) is 4.37. The second-order valence-corrected chi connectivity index (χ2v) is 7.70. The van der Waals surface area contributed by atoms with E-state index in [1.807, 2.05) is 0 Å². The Hall–Kier alpha value is -2.14. The number of aromatic nitrogens is 1. The molecule has 1 aromatic heterocycles. The van der Waals surface area contributed by atoms with E-state index in [0.29, 0.717) is 30.6 Å². The number of likely N-dealkylation sites (N-methyl/N-ethyl adjacent to an activating group) is 1. The average molecular weight is 386 g/mol. The van der Waals surface area contributed by atoms with Gasteiger partial charge in [0.2, 0.25) is 5.88 Å². The zero-order valence-corrected chi connectivity index (χ0v) is 17.8. The molecule has 0 bridgehead atoms. The zero-order chi connectivity index (χ0) is 20.4. The molecule has 1 aliphatic heterocycles. The fraction of sp³-hybridized carbons (Fsp3) is 0.565. The highest BCUT2D eigenvalue weighted by atomic mass is 16.5. The Morgan fingerprint density at radius 3 is 2.82 bits per heavy atom. The van der Waals surface area contributed by atoms with Gasteiger partial charge in [0.25, 0.3) is 5.91 Å². The molecule has 0 aliphatic carbocycles. The van der Waals surface area contributed by atoms with Crippen molar-refractivity contribution in [2.75, 3.05) is 26.2 Å². The molecule has 0 spiro atoms. The molecule has 2 rings (SSSR count). The smallest absolute Gasteiger partial charge is 0.252 e. The number of pyridine rings is 1. The first-order valence-electron chi connectivity index (χ1n) is 10.4. The van der Waals surface area contributed by atoms with E-state index in [2.05, 4.69) is 55.0 Å². The van der Waals surface area contributed by atoms with Crippen molar-refractivity contribution in [1.82, 2.24) is 15.2 Å². The number of nitrogens with zero attached hydrogens (tertiary/aromatic N) is 2. The number of rotatable bonds is 10. The Bertz CT molecular complexity index is 676. The second kappa shape index (κ2) is 11.6. The van der Waals surface area contributed by atoms with Crippen molar-refractivity contribution in [3.8, 4) is 5.88 Å². The van der Waals surface area contributed by atoms with Crippen LogP contribution in [0.4, 0.5) is 0 Å². The summed E-state index contributed by atoms with van der Waals surface area (Å²) < 4.78 is 5.67. The second-order valence-electron chi connectivity index (χ2n) is 7.70. The number of hydrogen-bond donors (Lipinski definition) is 1. The van der Waals surface area contributed by atoms with Crippen LogP contribution in [0, 0.1) is 0 Å².